The third-order valence-corrected chi connectivity index (χ3v) is 3.60. The fourth-order valence-corrected chi connectivity index (χ4v) is 2.36. The molecule has 0 bridgehead atoms. The number of rotatable bonds is 6. The number of carbonyl (C=O) groups is 1. The molecule has 0 fully saturated rings. The third kappa shape index (κ3) is 5.00. The fraction of sp³-hybridized carbons (Fsp3) is 0.462. The largest absolute Gasteiger partial charge is 0.352 e. The highest BCUT2D eigenvalue weighted by molar-refractivity contribution is 7.89. The van der Waals surface area contributed by atoms with Crippen molar-refractivity contribution in [3.05, 3.63) is 29.3 Å². The third-order valence-electron chi connectivity index (χ3n) is 2.71. The van der Waals surface area contributed by atoms with Gasteiger partial charge in [-0.1, -0.05) is 19.8 Å². The summed E-state index contributed by atoms with van der Waals surface area (Å²) < 4.78 is 22.6. The topological polar surface area (TPSA) is 89.3 Å². The number of primary sulfonamides is 1. The Balaban J connectivity index is 2.83. The highest BCUT2D eigenvalue weighted by Crippen LogP contribution is 2.13. The summed E-state index contributed by atoms with van der Waals surface area (Å²) in [5.74, 6) is -0.273. The van der Waals surface area contributed by atoms with Crippen LogP contribution < -0.4 is 10.5 Å². The Morgan fingerprint density at radius 1 is 1.26 bits per heavy atom. The predicted octanol–water partition coefficient (Wildman–Crippen LogP) is 1.56. The van der Waals surface area contributed by atoms with E-state index >= 15 is 0 Å². The number of unbranched alkanes of at least 4 members (excludes halogenated alkanes) is 2. The van der Waals surface area contributed by atoms with E-state index in [-0.39, 0.29) is 10.8 Å². The van der Waals surface area contributed by atoms with Crippen molar-refractivity contribution in [1.29, 1.82) is 0 Å². The lowest BCUT2D eigenvalue weighted by Gasteiger charge is -2.07. The number of benzene rings is 1. The van der Waals surface area contributed by atoms with Crippen LogP contribution in [0.2, 0.25) is 0 Å². The highest BCUT2D eigenvalue weighted by Gasteiger charge is 2.13. The lowest BCUT2D eigenvalue weighted by atomic mass is 10.1. The molecule has 1 rings (SSSR count). The van der Waals surface area contributed by atoms with Crippen molar-refractivity contribution in [2.75, 3.05) is 6.54 Å². The van der Waals surface area contributed by atoms with Crippen LogP contribution in [0.5, 0.6) is 0 Å². The number of nitrogens with two attached hydrogens (primary N) is 1. The van der Waals surface area contributed by atoms with E-state index in [1.807, 2.05) is 0 Å². The molecule has 3 N–H and O–H groups in total. The van der Waals surface area contributed by atoms with E-state index in [0.717, 1.165) is 19.3 Å². The van der Waals surface area contributed by atoms with Crippen LogP contribution in [-0.2, 0) is 10.0 Å². The van der Waals surface area contributed by atoms with Gasteiger partial charge in [0.25, 0.3) is 5.91 Å². The standard InChI is InChI=1S/C13H20N2O3S/c1-3-4-5-6-15-13(16)11-7-10(2)8-12(9-11)19(14,17)18/h7-9H,3-6H2,1-2H3,(H,15,16)(H2,14,17,18). The summed E-state index contributed by atoms with van der Waals surface area (Å²) in [5, 5.41) is 7.84. The maximum Gasteiger partial charge on any atom is 0.251 e. The van der Waals surface area contributed by atoms with Crippen molar-refractivity contribution in [3.8, 4) is 0 Å². The highest BCUT2D eigenvalue weighted by atomic mass is 32.2. The van der Waals surface area contributed by atoms with Crippen LogP contribution in [0.15, 0.2) is 23.1 Å². The first-order valence-corrected chi connectivity index (χ1v) is 7.82. The molecule has 6 heteroatoms. The molecule has 0 unspecified atom stereocenters. The second-order valence-corrected chi connectivity index (χ2v) is 6.10. The number of sulfonamides is 1. The van der Waals surface area contributed by atoms with Crippen molar-refractivity contribution in [2.24, 2.45) is 5.14 Å². The van der Waals surface area contributed by atoms with E-state index in [9.17, 15) is 13.2 Å². The van der Waals surface area contributed by atoms with Gasteiger partial charge in [0.15, 0.2) is 0 Å². The van der Waals surface area contributed by atoms with Gasteiger partial charge in [-0.2, -0.15) is 0 Å². The Labute approximate surface area is 114 Å². The van der Waals surface area contributed by atoms with Crippen LogP contribution in [-0.4, -0.2) is 20.9 Å². The average Bonchev–Trinajstić information content (AvgIpc) is 2.32. The van der Waals surface area contributed by atoms with E-state index in [2.05, 4.69) is 12.2 Å². The molecular weight excluding hydrogens is 264 g/mol. The molecule has 0 heterocycles. The predicted molar refractivity (Wildman–Crippen MR) is 74.4 cm³/mol. The van der Waals surface area contributed by atoms with E-state index in [4.69, 9.17) is 5.14 Å². The Hall–Kier alpha value is -1.40. The summed E-state index contributed by atoms with van der Waals surface area (Å²) in [6.07, 6.45) is 3.04. The number of amides is 1. The molecule has 0 aliphatic rings. The first-order valence-electron chi connectivity index (χ1n) is 6.27. The zero-order valence-corrected chi connectivity index (χ0v) is 12.1. The quantitative estimate of drug-likeness (QED) is 0.777. The smallest absolute Gasteiger partial charge is 0.251 e. The summed E-state index contributed by atoms with van der Waals surface area (Å²) in [4.78, 5) is 11.9. The normalized spacial score (nSPS) is 11.3. The molecule has 106 valence electrons. The molecule has 0 spiro atoms. The molecule has 0 atom stereocenters. The summed E-state index contributed by atoms with van der Waals surface area (Å²) in [6.45, 7) is 4.40. The van der Waals surface area contributed by atoms with Crippen LogP contribution in [0.1, 0.15) is 42.1 Å². The molecule has 1 aromatic carbocycles. The van der Waals surface area contributed by atoms with Gasteiger partial charge in [-0.3, -0.25) is 4.79 Å². The van der Waals surface area contributed by atoms with Crippen molar-refractivity contribution < 1.29 is 13.2 Å². The molecule has 0 saturated carbocycles. The number of nitrogens with one attached hydrogen (secondary N) is 1. The molecule has 0 aliphatic carbocycles. The van der Waals surface area contributed by atoms with Gasteiger partial charge in [0.05, 0.1) is 4.90 Å². The lowest BCUT2D eigenvalue weighted by molar-refractivity contribution is 0.0952. The maximum atomic E-state index is 11.9. The second-order valence-electron chi connectivity index (χ2n) is 4.54. The summed E-state index contributed by atoms with van der Waals surface area (Å²) in [5.41, 5.74) is 1.01. The summed E-state index contributed by atoms with van der Waals surface area (Å²) in [7, 11) is -3.79. The lowest BCUT2D eigenvalue weighted by Crippen LogP contribution is -2.25. The van der Waals surface area contributed by atoms with Crippen molar-refractivity contribution in [3.63, 3.8) is 0 Å². The molecule has 19 heavy (non-hydrogen) atoms. The monoisotopic (exact) mass is 284 g/mol. The van der Waals surface area contributed by atoms with Gasteiger partial charge in [0, 0.05) is 12.1 Å². The number of carbonyl (C=O) groups excluding carboxylic acids is 1. The van der Waals surface area contributed by atoms with Gasteiger partial charge in [-0.15, -0.1) is 0 Å². The Kier molecular flexibility index (Phi) is 5.50. The Morgan fingerprint density at radius 2 is 1.95 bits per heavy atom. The number of hydrogen-bond acceptors (Lipinski definition) is 3. The molecule has 1 aromatic rings. The van der Waals surface area contributed by atoms with Crippen LogP contribution in [0.4, 0.5) is 0 Å². The van der Waals surface area contributed by atoms with Gasteiger partial charge in [0.2, 0.25) is 10.0 Å². The van der Waals surface area contributed by atoms with Gasteiger partial charge in [-0.25, -0.2) is 13.6 Å². The van der Waals surface area contributed by atoms with Crippen molar-refractivity contribution in [2.45, 2.75) is 38.0 Å². The minimum absolute atomic E-state index is 0.0359. The van der Waals surface area contributed by atoms with Gasteiger partial charge >= 0.3 is 0 Å². The van der Waals surface area contributed by atoms with E-state index in [0.29, 0.717) is 17.7 Å². The SMILES string of the molecule is CCCCCNC(=O)c1cc(C)cc(S(N)(=O)=O)c1. The van der Waals surface area contributed by atoms with Crippen LogP contribution in [0.25, 0.3) is 0 Å². The molecular formula is C13H20N2O3S. The van der Waals surface area contributed by atoms with Crippen molar-refractivity contribution in [1.82, 2.24) is 5.32 Å². The number of aryl methyl sites for hydroxylation is 1. The molecule has 0 aliphatic heterocycles. The van der Waals surface area contributed by atoms with Gasteiger partial charge in [-0.05, 0) is 37.1 Å². The van der Waals surface area contributed by atoms with Crippen LogP contribution >= 0.6 is 0 Å². The van der Waals surface area contributed by atoms with E-state index in [1.54, 1.807) is 13.0 Å². The molecule has 5 nitrogen and oxygen atoms in total. The zero-order chi connectivity index (χ0) is 14.5. The summed E-state index contributed by atoms with van der Waals surface area (Å²) >= 11 is 0. The molecule has 0 radical (unpaired) electrons. The van der Waals surface area contributed by atoms with Gasteiger partial charge < -0.3 is 5.32 Å². The zero-order valence-electron chi connectivity index (χ0n) is 11.3. The molecule has 0 aromatic heterocycles. The maximum absolute atomic E-state index is 11.9. The van der Waals surface area contributed by atoms with E-state index in [1.165, 1.54) is 12.1 Å². The van der Waals surface area contributed by atoms with E-state index < -0.39 is 10.0 Å². The molecule has 1 amide bonds. The second kappa shape index (κ2) is 6.68. The first kappa shape index (κ1) is 15.7. The Morgan fingerprint density at radius 3 is 2.53 bits per heavy atom. The van der Waals surface area contributed by atoms with Crippen LogP contribution in [0.3, 0.4) is 0 Å². The van der Waals surface area contributed by atoms with Crippen LogP contribution in [0, 0.1) is 6.92 Å². The minimum atomic E-state index is -3.79. The number of hydrogen-bond donors (Lipinski definition) is 2. The fourth-order valence-electron chi connectivity index (χ4n) is 1.72. The Bertz CT molecular complexity index is 553. The van der Waals surface area contributed by atoms with Crippen molar-refractivity contribution >= 4 is 15.9 Å². The summed E-state index contributed by atoms with van der Waals surface area (Å²) in [6, 6.07) is 4.39. The first-order chi connectivity index (χ1) is 8.84. The van der Waals surface area contributed by atoms with Gasteiger partial charge in [0.1, 0.15) is 0 Å². The average molecular weight is 284 g/mol. The molecule has 0 saturated heterocycles. The minimum Gasteiger partial charge on any atom is -0.352 e.